The van der Waals surface area contributed by atoms with Crippen molar-refractivity contribution in [2.24, 2.45) is 5.73 Å². The maximum Gasteiger partial charge on any atom is 0.123 e. The van der Waals surface area contributed by atoms with Crippen LogP contribution < -0.4 is 10.5 Å². The van der Waals surface area contributed by atoms with E-state index in [4.69, 9.17) is 10.5 Å². The van der Waals surface area contributed by atoms with Gasteiger partial charge in [0, 0.05) is 43.8 Å². The lowest BCUT2D eigenvalue weighted by atomic mass is 9.99. The van der Waals surface area contributed by atoms with Crippen molar-refractivity contribution in [2.45, 2.75) is 32.5 Å². The number of ether oxygens (including phenoxy) is 1. The highest BCUT2D eigenvalue weighted by Gasteiger charge is 2.30. The molecule has 0 radical (unpaired) electrons. The van der Waals surface area contributed by atoms with E-state index in [0.29, 0.717) is 6.54 Å². The van der Waals surface area contributed by atoms with Crippen LogP contribution in [0.15, 0.2) is 18.2 Å². The molecule has 4 nitrogen and oxygen atoms in total. The van der Waals surface area contributed by atoms with Crippen LogP contribution in [0.4, 0.5) is 0 Å². The van der Waals surface area contributed by atoms with Crippen molar-refractivity contribution in [1.82, 2.24) is 9.80 Å². The summed E-state index contributed by atoms with van der Waals surface area (Å²) in [5.74, 6) is 0.884. The van der Waals surface area contributed by atoms with Gasteiger partial charge in [0.15, 0.2) is 0 Å². The molecule has 0 amide bonds. The van der Waals surface area contributed by atoms with Crippen molar-refractivity contribution in [3.05, 3.63) is 29.3 Å². The predicted octanol–water partition coefficient (Wildman–Crippen LogP) is 1.68. The Morgan fingerprint density at radius 2 is 2.05 bits per heavy atom. The van der Waals surface area contributed by atoms with E-state index in [1.54, 1.807) is 7.11 Å². The van der Waals surface area contributed by atoms with Gasteiger partial charge in [0.25, 0.3) is 0 Å². The molecule has 0 bridgehead atoms. The average molecular weight is 277 g/mol. The third-order valence-corrected chi connectivity index (χ3v) is 4.37. The molecule has 0 saturated carbocycles. The number of hydrogen-bond donors (Lipinski definition) is 1. The summed E-state index contributed by atoms with van der Waals surface area (Å²) < 4.78 is 5.33. The van der Waals surface area contributed by atoms with Gasteiger partial charge in [-0.2, -0.15) is 0 Å². The average Bonchev–Trinajstić information content (AvgIpc) is 2.42. The molecule has 4 heteroatoms. The Morgan fingerprint density at radius 3 is 2.65 bits per heavy atom. The molecule has 1 aromatic rings. The summed E-state index contributed by atoms with van der Waals surface area (Å²) in [5.41, 5.74) is 8.42. The first-order chi connectivity index (χ1) is 9.46. The monoisotopic (exact) mass is 277 g/mol. The standard InChI is InChI=1S/C16H27N3O/c1-16(2)12-19(8-7-18(16)3)11-13-5-6-15(20-4)14(9-13)10-17/h5-6,9H,7-8,10-12,17H2,1-4H3. The van der Waals surface area contributed by atoms with Crippen LogP contribution >= 0.6 is 0 Å². The number of piperazine rings is 1. The van der Waals surface area contributed by atoms with E-state index in [9.17, 15) is 0 Å². The normalized spacial score (nSPS) is 20.1. The zero-order valence-corrected chi connectivity index (χ0v) is 13.1. The third-order valence-electron chi connectivity index (χ3n) is 4.37. The summed E-state index contributed by atoms with van der Waals surface area (Å²) in [7, 11) is 3.90. The molecule has 1 heterocycles. The number of nitrogens with zero attached hydrogens (tertiary/aromatic N) is 2. The van der Waals surface area contributed by atoms with Crippen molar-refractivity contribution in [2.75, 3.05) is 33.8 Å². The van der Waals surface area contributed by atoms with Crippen molar-refractivity contribution in [1.29, 1.82) is 0 Å². The molecule has 2 rings (SSSR count). The van der Waals surface area contributed by atoms with E-state index in [1.807, 2.05) is 6.07 Å². The maximum atomic E-state index is 5.79. The molecule has 1 aliphatic rings. The van der Waals surface area contributed by atoms with Gasteiger partial charge in [-0.15, -0.1) is 0 Å². The molecular formula is C16H27N3O. The molecule has 0 unspecified atom stereocenters. The van der Waals surface area contributed by atoms with E-state index >= 15 is 0 Å². The van der Waals surface area contributed by atoms with Crippen LogP contribution in [0.2, 0.25) is 0 Å². The maximum absolute atomic E-state index is 5.79. The number of benzene rings is 1. The second-order valence-electron chi connectivity index (χ2n) is 6.29. The minimum absolute atomic E-state index is 0.238. The highest BCUT2D eigenvalue weighted by Crippen LogP contribution is 2.23. The summed E-state index contributed by atoms with van der Waals surface area (Å²) in [6, 6.07) is 6.34. The van der Waals surface area contributed by atoms with Crippen molar-refractivity contribution in [3.63, 3.8) is 0 Å². The summed E-state index contributed by atoms with van der Waals surface area (Å²) in [6.07, 6.45) is 0. The highest BCUT2D eigenvalue weighted by molar-refractivity contribution is 5.37. The van der Waals surface area contributed by atoms with Crippen LogP contribution in [-0.2, 0) is 13.1 Å². The Morgan fingerprint density at radius 1 is 1.30 bits per heavy atom. The largest absolute Gasteiger partial charge is 0.496 e. The van der Waals surface area contributed by atoms with Crippen LogP contribution in [-0.4, -0.2) is 49.1 Å². The first-order valence-electron chi connectivity index (χ1n) is 7.26. The fourth-order valence-corrected chi connectivity index (χ4v) is 2.82. The molecule has 0 atom stereocenters. The van der Waals surface area contributed by atoms with Gasteiger partial charge >= 0.3 is 0 Å². The third kappa shape index (κ3) is 3.32. The van der Waals surface area contributed by atoms with Gasteiger partial charge in [-0.3, -0.25) is 9.80 Å². The van der Waals surface area contributed by atoms with Crippen molar-refractivity contribution in [3.8, 4) is 5.75 Å². The smallest absolute Gasteiger partial charge is 0.123 e. The Kier molecular flexibility index (Phi) is 4.68. The first kappa shape index (κ1) is 15.3. The van der Waals surface area contributed by atoms with Gasteiger partial charge in [0.05, 0.1) is 7.11 Å². The first-order valence-corrected chi connectivity index (χ1v) is 7.26. The lowest BCUT2D eigenvalue weighted by Crippen LogP contribution is -2.57. The van der Waals surface area contributed by atoms with Crippen LogP contribution in [0.1, 0.15) is 25.0 Å². The Hall–Kier alpha value is -1.10. The SMILES string of the molecule is COc1ccc(CN2CCN(C)C(C)(C)C2)cc1CN. The van der Waals surface area contributed by atoms with Gasteiger partial charge in [-0.1, -0.05) is 6.07 Å². The van der Waals surface area contributed by atoms with Gasteiger partial charge in [-0.25, -0.2) is 0 Å². The fraction of sp³-hybridized carbons (Fsp3) is 0.625. The summed E-state index contributed by atoms with van der Waals surface area (Å²) in [5, 5.41) is 0. The molecule has 1 aromatic carbocycles. The molecule has 20 heavy (non-hydrogen) atoms. The zero-order chi connectivity index (χ0) is 14.8. The lowest BCUT2D eigenvalue weighted by molar-refractivity contribution is 0.0360. The quantitative estimate of drug-likeness (QED) is 0.909. The molecule has 0 spiro atoms. The molecule has 1 fully saturated rings. The van der Waals surface area contributed by atoms with E-state index in [1.165, 1.54) is 5.56 Å². The number of nitrogens with two attached hydrogens (primary N) is 1. The van der Waals surface area contributed by atoms with Crippen molar-refractivity contribution >= 4 is 0 Å². The molecule has 1 aliphatic heterocycles. The number of rotatable bonds is 4. The van der Waals surface area contributed by atoms with Gasteiger partial charge in [-0.05, 0) is 38.6 Å². The van der Waals surface area contributed by atoms with E-state index in [2.05, 4.69) is 42.8 Å². The second kappa shape index (κ2) is 6.12. The fourth-order valence-electron chi connectivity index (χ4n) is 2.82. The van der Waals surface area contributed by atoms with E-state index in [0.717, 1.165) is 37.5 Å². The lowest BCUT2D eigenvalue weighted by Gasteiger charge is -2.45. The number of hydrogen-bond acceptors (Lipinski definition) is 4. The number of methoxy groups -OCH3 is 1. The Balaban J connectivity index is 2.07. The van der Waals surface area contributed by atoms with Crippen molar-refractivity contribution < 1.29 is 4.74 Å². The van der Waals surface area contributed by atoms with Gasteiger partial charge < -0.3 is 10.5 Å². The van der Waals surface area contributed by atoms with E-state index in [-0.39, 0.29) is 5.54 Å². The van der Waals surface area contributed by atoms with Crippen LogP contribution in [0, 0.1) is 0 Å². The second-order valence-corrected chi connectivity index (χ2v) is 6.29. The number of likely N-dealkylation sites (N-methyl/N-ethyl adjacent to an activating group) is 1. The molecule has 0 aliphatic carbocycles. The Labute approximate surface area is 122 Å². The molecule has 0 aromatic heterocycles. The highest BCUT2D eigenvalue weighted by atomic mass is 16.5. The van der Waals surface area contributed by atoms with Crippen LogP contribution in [0.25, 0.3) is 0 Å². The minimum atomic E-state index is 0.238. The Bertz CT molecular complexity index is 459. The topological polar surface area (TPSA) is 41.7 Å². The molecular weight excluding hydrogens is 250 g/mol. The minimum Gasteiger partial charge on any atom is -0.496 e. The van der Waals surface area contributed by atoms with Gasteiger partial charge in [0.2, 0.25) is 0 Å². The summed E-state index contributed by atoms with van der Waals surface area (Å²) >= 11 is 0. The summed E-state index contributed by atoms with van der Waals surface area (Å²) in [6.45, 7) is 9.43. The summed E-state index contributed by atoms with van der Waals surface area (Å²) in [4.78, 5) is 4.95. The van der Waals surface area contributed by atoms with Crippen LogP contribution in [0.3, 0.4) is 0 Å². The van der Waals surface area contributed by atoms with E-state index < -0.39 is 0 Å². The predicted molar refractivity (Wildman–Crippen MR) is 82.9 cm³/mol. The van der Waals surface area contributed by atoms with Crippen LogP contribution in [0.5, 0.6) is 5.75 Å². The van der Waals surface area contributed by atoms with Gasteiger partial charge in [0.1, 0.15) is 5.75 Å². The molecule has 1 saturated heterocycles. The molecule has 112 valence electrons. The molecule has 2 N–H and O–H groups in total. The zero-order valence-electron chi connectivity index (χ0n) is 13.1.